The highest BCUT2D eigenvalue weighted by Gasteiger charge is 2.08. The minimum atomic E-state index is 0.752. The van der Waals surface area contributed by atoms with Gasteiger partial charge in [0.2, 0.25) is 0 Å². The van der Waals surface area contributed by atoms with E-state index in [0.29, 0.717) is 0 Å². The Kier molecular flexibility index (Phi) is 5.26. The third-order valence-electron chi connectivity index (χ3n) is 3.69. The summed E-state index contributed by atoms with van der Waals surface area (Å²) in [5.41, 5.74) is 10.2. The molecule has 2 nitrogen and oxygen atoms in total. The van der Waals surface area contributed by atoms with Gasteiger partial charge in [-0.1, -0.05) is 31.9 Å². The monoisotopic (exact) mass is 283 g/mol. The maximum atomic E-state index is 6.02. The molecule has 0 radical (unpaired) electrons. The molecule has 0 spiro atoms. The first-order valence-electron chi connectivity index (χ1n) is 7.73. The van der Waals surface area contributed by atoms with Gasteiger partial charge in [-0.3, -0.25) is 0 Å². The van der Waals surface area contributed by atoms with Crippen molar-refractivity contribution in [3.05, 3.63) is 53.1 Å². The standard InChI is InChI=1S/C19H25NO/c1-4-5-6-7-16-12-14(2)19(15(3)13-16)21-18-10-8-17(20)9-11-18/h8-13H,4-7,20H2,1-3H3. The highest BCUT2D eigenvalue weighted by molar-refractivity contribution is 5.48. The van der Waals surface area contributed by atoms with Crippen LogP contribution >= 0.6 is 0 Å². The lowest BCUT2D eigenvalue weighted by atomic mass is 10.0. The summed E-state index contributed by atoms with van der Waals surface area (Å²) in [6.45, 7) is 6.46. The van der Waals surface area contributed by atoms with Crippen molar-refractivity contribution in [3.8, 4) is 11.5 Å². The van der Waals surface area contributed by atoms with Crippen LogP contribution < -0.4 is 10.5 Å². The predicted octanol–water partition coefficient (Wildman–Crippen LogP) is 5.41. The van der Waals surface area contributed by atoms with Crippen molar-refractivity contribution in [2.45, 2.75) is 46.5 Å². The largest absolute Gasteiger partial charge is 0.457 e. The lowest BCUT2D eigenvalue weighted by Gasteiger charge is -2.14. The second kappa shape index (κ2) is 7.16. The van der Waals surface area contributed by atoms with E-state index >= 15 is 0 Å². The van der Waals surface area contributed by atoms with E-state index in [4.69, 9.17) is 10.5 Å². The summed E-state index contributed by atoms with van der Waals surface area (Å²) in [5.74, 6) is 1.79. The molecule has 0 saturated heterocycles. The van der Waals surface area contributed by atoms with Gasteiger partial charge in [-0.15, -0.1) is 0 Å². The van der Waals surface area contributed by atoms with E-state index < -0.39 is 0 Å². The number of ether oxygens (including phenoxy) is 1. The summed E-state index contributed by atoms with van der Waals surface area (Å²) in [5, 5.41) is 0. The van der Waals surface area contributed by atoms with Crippen LogP contribution in [0.25, 0.3) is 0 Å². The Morgan fingerprint density at radius 2 is 1.57 bits per heavy atom. The Bertz CT molecular complexity index is 564. The number of rotatable bonds is 6. The van der Waals surface area contributed by atoms with Gasteiger partial charge in [-0.2, -0.15) is 0 Å². The van der Waals surface area contributed by atoms with Crippen LogP contribution in [0, 0.1) is 13.8 Å². The Morgan fingerprint density at radius 1 is 0.952 bits per heavy atom. The first kappa shape index (κ1) is 15.4. The highest BCUT2D eigenvalue weighted by atomic mass is 16.5. The molecule has 0 bridgehead atoms. The Hall–Kier alpha value is -1.96. The molecular formula is C19H25NO. The van der Waals surface area contributed by atoms with E-state index in [1.165, 1.54) is 36.0 Å². The summed E-state index contributed by atoms with van der Waals surface area (Å²) in [4.78, 5) is 0. The molecule has 0 fully saturated rings. The number of benzene rings is 2. The van der Waals surface area contributed by atoms with Crippen LogP contribution in [0.1, 0.15) is 42.9 Å². The minimum absolute atomic E-state index is 0.752. The number of hydrogen-bond acceptors (Lipinski definition) is 2. The van der Waals surface area contributed by atoms with Crippen LogP contribution in [-0.4, -0.2) is 0 Å². The summed E-state index contributed by atoms with van der Waals surface area (Å²) in [6, 6.07) is 12.0. The second-order valence-corrected chi connectivity index (χ2v) is 5.69. The van der Waals surface area contributed by atoms with E-state index in [1.54, 1.807) is 0 Å². The molecule has 2 aromatic rings. The van der Waals surface area contributed by atoms with Crippen molar-refractivity contribution in [1.82, 2.24) is 0 Å². The molecule has 0 aliphatic rings. The predicted molar refractivity (Wildman–Crippen MR) is 90.1 cm³/mol. The lowest BCUT2D eigenvalue weighted by molar-refractivity contribution is 0.475. The third kappa shape index (κ3) is 4.25. The van der Waals surface area contributed by atoms with Crippen molar-refractivity contribution in [2.75, 3.05) is 5.73 Å². The summed E-state index contributed by atoms with van der Waals surface area (Å²) in [6.07, 6.45) is 4.96. The van der Waals surface area contributed by atoms with Gasteiger partial charge in [0.1, 0.15) is 11.5 Å². The zero-order valence-electron chi connectivity index (χ0n) is 13.3. The van der Waals surface area contributed by atoms with Crippen LogP contribution in [0.15, 0.2) is 36.4 Å². The molecule has 2 rings (SSSR count). The number of anilines is 1. The fraction of sp³-hybridized carbons (Fsp3) is 0.368. The van der Waals surface area contributed by atoms with E-state index in [-0.39, 0.29) is 0 Å². The fourth-order valence-electron chi connectivity index (χ4n) is 2.58. The first-order chi connectivity index (χ1) is 10.1. The first-order valence-corrected chi connectivity index (χ1v) is 7.73. The zero-order valence-corrected chi connectivity index (χ0v) is 13.3. The van der Waals surface area contributed by atoms with Gasteiger partial charge in [0.05, 0.1) is 0 Å². The average molecular weight is 283 g/mol. The summed E-state index contributed by atoms with van der Waals surface area (Å²) >= 11 is 0. The molecule has 0 aliphatic carbocycles. The third-order valence-corrected chi connectivity index (χ3v) is 3.69. The van der Waals surface area contributed by atoms with Gasteiger partial charge in [0.15, 0.2) is 0 Å². The van der Waals surface area contributed by atoms with Crippen LogP contribution in [0.3, 0.4) is 0 Å². The minimum Gasteiger partial charge on any atom is -0.457 e. The number of unbranched alkanes of at least 4 members (excludes halogenated alkanes) is 2. The van der Waals surface area contributed by atoms with Crippen LogP contribution in [-0.2, 0) is 6.42 Å². The molecule has 2 N–H and O–H groups in total. The van der Waals surface area contributed by atoms with Gasteiger partial charge >= 0.3 is 0 Å². The number of hydrogen-bond donors (Lipinski definition) is 1. The normalized spacial score (nSPS) is 10.6. The molecule has 0 saturated carbocycles. The Labute approximate surface area is 127 Å². The van der Waals surface area contributed by atoms with Gasteiger partial charge in [0.25, 0.3) is 0 Å². The van der Waals surface area contributed by atoms with Crippen molar-refractivity contribution in [2.24, 2.45) is 0 Å². The van der Waals surface area contributed by atoms with E-state index in [0.717, 1.165) is 23.6 Å². The van der Waals surface area contributed by atoms with Crippen LogP contribution in [0.2, 0.25) is 0 Å². The molecule has 2 aromatic carbocycles. The smallest absolute Gasteiger partial charge is 0.133 e. The lowest BCUT2D eigenvalue weighted by Crippen LogP contribution is -1.95. The molecule has 0 unspecified atom stereocenters. The zero-order chi connectivity index (χ0) is 15.2. The Morgan fingerprint density at radius 3 is 2.14 bits per heavy atom. The van der Waals surface area contributed by atoms with Gasteiger partial charge in [0, 0.05) is 5.69 Å². The van der Waals surface area contributed by atoms with Crippen molar-refractivity contribution in [1.29, 1.82) is 0 Å². The molecule has 21 heavy (non-hydrogen) atoms. The molecule has 112 valence electrons. The molecule has 0 aromatic heterocycles. The summed E-state index contributed by atoms with van der Waals surface area (Å²) in [7, 11) is 0. The van der Waals surface area contributed by atoms with Crippen LogP contribution in [0.5, 0.6) is 11.5 Å². The highest BCUT2D eigenvalue weighted by Crippen LogP contribution is 2.30. The van der Waals surface area contributed by atoms with Gasteiger partial charge < -0.3 is 10.5 Å². The number of aryl methyl sites for hydroxylation is 3. The number of nitrogen functional groups attached to an aromatic ring is 1. The number of nitrogens with two attached hydrogens (primary N) is 1. The topological polar surface area (TPSA) is 35.2 Å². The van der Waals surface area contributed by atoms with E-state index in [1.807, 2.05) is 24.3 Å². The second-order valence-electron chi connectivity index (χ2n) is 5.69. The molecule has 0 atom stereocenters. The van der Waals surface area contributed by atoms with E-state index in [9.17, 15) is 0 Å². The molecule has 0 aliphatic heterocycles. The SMILES string of the molecule is CCCCCc1cc(C)c(Oc2ccc(N)cc2)c(C)c1. The quantitative estimate of drug-likeness (QED) is 0.568. The Balaban J connectivity index is 2.14. The molecular weight excluding hydrogens is 258 g/mol. The van der Waals surface area contributed by atoms with Gasteiger partial charge in [-0.05, 0) is 67.6 Å². The van der Waals surface area contributed by atoms with Crippen LogP contribution in [0.4, 0.5) is 5.69 Å². The fourth-order valence-corrected chi connectivity index (χ4v) is 2.58. The van der Waals surface area contributed by atoms with Crippen molar-refractivity contribution >= 4 is 5.69 Å². The van der Waals surface area contributed by atoms with Crippen molar-refractivity contribution < 1.29 is 4.74 Å². The van der Waals surface area contributed by atoms with E-state index in [2.05, 4.69) is 32.9 Å². The summed E-state index contributed by atoms with van der Waals surface area (Å²) < 4.78 is 6.02. The maximum absolute atomic E-state index is 6.02. The van der Waals surface area contributed by atoms with Crippen molar-refractivity contribution in [3.63, 3.8) is 0 Å². The average Bonchev–Trinajstić information content (AvgIpc) is 2.45. The van der Waals surface area contributed by atoms with Gasteiger partial charge in [-0.25, -0.2) is 0 Å². The molecule has 0 heterocycles. The maximum Gasteiger partial charge on any atom is 0.133 e. The molecule has 2 heteroatoms. The molecule has 0 amide bonds.